The topological polar surface area (TPSA) is 55.8 Å². The first kappa shape index (κ1) is 12.4. The van der Waals surface area contributed by atoms with Crippen LogP contribution >= 0.6 is 0 Å². The van der Waals surface area contributed by atoms with E-state index in [9.17, 15) is 9.18 Å². The lowest BCUT2D eigenvalue weighted by molar-refractivity contribution is 0.0695. The van der Waals surface area contributed by atoms with E-state index in [2.05, 4.69) is 0 Å². The Labute approximate surface area is 92.6 Å². The smallest absolute Gasteiger partial charge is 0.335 e. The van der Waals surface area contributed by atoms with Gasteiger partial charge in [-0.3, -0.25) is 0 Å². The monoisotopic (exact) mass is 228 g/mol. The molecule has 1 aromatic carbocycles. The summed E-state index contributed by atoms with van der Waals surface area (Å²) in [7, 11) is 1.52. The molecule has 1 aromatic rings. The van der Waals surface area contributed by atoms with Crippen LogP contribution in [0.1, 0.15) is 15.9 Å². The molecule has 1 N–H and O–H groups in total. The van der Waals surface area contributed by atoms with Gasteiger partial charge in [0.1, 0.15) is 18.2 Å². The van der Waals surface area contributed by atoms with Gasteiger partial charge >= 0.3 is 5.97 Å². The fraction of sp³-hybridized carbons (Fsp3) is 0.364. The van der Waals surface area contributed by atoms with Gasteiger partial charge in [0.2, 0.25) is 0 Å². The summed E-state index contributed by atoms with van der Waals surface area (Å²) in [6.07, 6.45) is 0. The molecular formula is C11H13FO4. The first-order valence-electron chi connectivity index (χ1n) is 4.71. The molecule has 4 nitrogen and oxygen atoms in total. The molecule has 0 aliphatic heterocycles. The molecule has 0 saturated heterocycles. The van der Waals surface area contributed by atoms with Crippen molar-refractivity contribution in [3.05, 3.63) is 29.1 Å². The molecule has 1 rings (SSSR count). The number of carboxylic acids is 1. The van der Waals surface area contributed by atoms with Crippen molar-refractivity contribution in [3.63, 3.8) is 0 Å². The standard InChI is InChI=1S/C11H13FO4/c1-7-9(12)5-8(11(13)14)6-10(7)16-4-3-15-2/h5-6H,3-4H2,1-2H3,(H,13,14). The van der Waals surface area contributed by atoms with Crippen molar-refractivity contribution in [2.75, 3.05) is 20.3 Å². The lowest BCUT2D eigenvalue weighted by Crippen LogP contribution is -2.07. The van der Waals surface area contributed by atoms with E-state index < -0.39 is 11.8 Å². The Morgan fingerprint density at radius 2 is 2.12 bits per heavy atom. The van der Waals surface area contributed by atoms with Gasteiger partial charge in [-0.05, 0) is 19.1 Å². The second-order valence-corrected chi connectivity index (χ2v) is 3.23. The molecule has 0 aromatic heterocycles. The van der Waals surface area contributed by atoms with Crippen LogP contribution in [0.4, 0.5) is 4.39 Å². The van der Waals surface area contributed by atoms with Crippen LogP contribution in [0.15, 0.2) is 12.1 Å². The molecule has 5 heteroatoms. The highest BCUT2D eigenvalue weighted by Gasteiger charge is 2.12. The van der Waals surface area contributed by atoms with Crippen LogP contribution in [0.2, 0.25) is 0 Å². The van der Waals surface area contributed by atoms with Gasteiger partial charge in [-0.15, -0.1) is 0 Å². The molecule has 0 amide bonds. The van der Waals surface area contributed by atoms with Gasteiger partial charge < -0.3 is 14.6 Å². The van der Waals surface area contributed by atoms with Crippen LogP contribution in [-0.2, 0) is 4.74 Å². The van der Waals surface area contributed by atoms with Crippen molar-refractivity contribution in [1.82, 2.24) is 0 Å². The fourth-order valence-corrected chi connectivity index (χ4v) is 1.16. The summed E-state index contributed by atoms with van der Waals surface area (Å²) in [6.45, 7) is 2.14. The third-order valence-corrected chi connectivity index (χ3v) is 2.09. The van der Waals surface area contributed by atoms with Crippen LogP contribution < -0.4 is 4.74 Å². The molecule has 16 heavy (non-hydrogen) atoms. The zero-order valence-corrected chi connectivity index (χ0v) is 9.12. The molecule has 0 aliphatic carbocycles. The summed E-state index contributed by atoms with van der Waals surface area (Å²) in [4.78, 5) is 10.7. The Bertz CT molecular complexity index is 390. The molecular weight excluding hydrogens is 215 g/mol. The summed E-state index contributed by atoms with van der Waals surface area (Å²) in [5.41, 5.74) is 0.164. The first-order valence-corrected chi connectivity index (χ1v) is 4.71. The van der Waals surface area contributed by atoms with Gasteiger partial charge in [0.25, 0.3) is 0 Å². The summed E-state index contributed by atoms with van der Waals surface area (Å²) < 4.78 is 23.3. The van der Waals surface area contributed by atoms with E-state index in [-0.39, 0.29) is 17.9 Å². The number of rotatable bonds is 5. The second kappa shape index (κ2) is 5.46. The Balaban J connectivity index is 2.93. The maximum absolute atomic E-state index is 13.3. The quantitative estimate of drug-likeness (QED) is 0.781. The summed E-state index contributed by atoms with van der Waals surface area (Å²) in [5.74, 6) is -1.54. The zero-order valence-electron chi connectivity index (χ0n) is 9.12. The van der Waals surface area contributed by atoms with Gasteiger partial charge in [-0.25, -0.2) is 9.18 Å². The van der Waals surface area contributed by atoms with Crippen molar-refractivity contribution in [1.29, 1.82) is 0 Å². The number of hydrogen-bond donors (Lipinski definition) is 1. The molecule has 0 heterocycles. The van der Waals surface area contributed by atoms with Crippen LogP contribution in [0.3, 0.4) is 0 Å². The van der Waals surface area contributed by atoms with E-state index in [1.54, 1.807) is 0 Å². The first-order chi connectivity index (χ1) is 7.56. The molecule has 0 fully saturated rings. The second-order valence-electron chi connectivity index (χ2n) is 3.23. The number of aromatic carboxylic acids is 1. The molecule has 0 spiro atoms. The Hall–Kier alpha value is -1.62. The van der Waals surface area contributed by atoms with Crippen molar-refractivity contribution in [2.24, 2.45) is 0 Å². The molecule has 0 unspecified atom stereocenters. The molecule has 0 saturated carbocycles. The van der Waals surface area contributed by atoms with Gasteiger partial charge in [0.15, 0.2) is 0 Å². The van der Waals surface area contributed by atoms with Gasteiger partial charge in [-0.2, -0.15) is 0 Å². The van der Waals surface area contributed by atoms with Crippen molar-refractivity contribution < 1.29 is 23.8 Å². The van der Waals surface area contributed by atoms with Gasteiger partial charge in [-0.1, -0.05) is 0 Å². The number of methoxy groups -OCH3 is 1. The number of carbonyl (C=O) groups is 1. The maximum atomic E-state index is 13.3. The summed E-state index contributed by atoms with van der Waals surface area (Å²) >= 11 is 0. The maximum Gasteiger partial charge on any atom is 0.335 e. The number of carboxylic acid groups (broad SMARTS) is 1. The Morgan fingerprint density at radius 1 is 1.44 bits per heavy atom. The molecule has 0 bridgehead atoms. The minimum absolute atomic E-state index is 0.129. The molecule has 0 radical (unpaired) electrons. The average molecular weight is 228 g/mol. The fourth-order valence-electron chi connectivity index (χ4n) is 1.16. The Kier molecular flexibility index (Phi) is 4.25. The van der Waals surface area contributed by atoms with Crippen molar-refractivity contribution >= 4 is 5.97 Å². The van der Waals surface area contributed by atoms with Crippen LogP contribution in [0, 0.1) is 12.7 Å². The minimum atomic E-state index is -1.18. The number of benzene rings is 1. The predicted molar refractivity (Wildman–Crippen MR) is 55.5 cm³/mol. The molecule has 0 aliphatic rings. The highest BCUT2D eigenvalue weighted by molar-refractivity contribution is 5.88. The lowest BCUT2D eigenvalue weighted by atomic mass is 10.1. The average Bonchev–Trinajstić information content (AvgIpc) is 2.24. The normalized spacial score (nSPS) is 10.2. The Morgan fingerprint density at radius 3 is 2.69 bits per heavy atom. The van der Waals surface area contributed by atoms with Crippen molar-refractivity contribution in [2.45, 2.75) is 6.92 Å². The summed E-state index contributed by atoms with van der Waals surface area (Å²) in [5, 5.41) is 8.75. The van der Waals surface area contributed by atoms with E-state index in [1.165, 1.54) is 20.1 Å². The lowest BCUT2D eigenvalue weighted by Gasteiger charge is -2.10. The van der Waals surface area contributed by atoms with E-state index in [0.717, 1.165) is 6.07 Å². The summed E-state index contributed by atoms with van der Waals surface area (Å²) in [6, 6.07) is 2.28. The minimum Gasteiger partial charge on any atom is -0.491 e. The number of halogens is 1. The van der Waals surface area contributed by atoms with E-state index >= 15 is 0 Å². The molecule has 88 valence electrons. The van der Waals surface area contributed by atoms with Crippen LogP contribution in [0.5, 0.6) is 5.75 Å². The van der Waals surface area contributed by atoms with Gasteiger partial charge in [0.05, 0.1) is 12.2 Å². The molecule has 0 atom stereocenters. The van der Waals surface area contributed by atoms with Crippen molar-refractivity contribution in [3.8, 4) is 5.75 Å². The third-order valence-electron chi connectivity index (χ3n) is 2.09. The largest absolute Gasteiger partial charge is 0.491 e. The zero-order chi connectivity index (χ0) is 12.1. The van der Waals surface area contributed by atoms with E-state index in [0.29, 0.717) is 12.2 Å². The number of hydrogen-bond acceptors (Lipinski definition) is 3. The van der Waals surface area contributed by atoms with E-state index in [1.807, 2.05) is 0 Å². The van der Waals surface area contributed by atoms with Crippen LogP contribution in [-0.4, -0.2) is 31.4 Å². The van der Waals surface area contributed by atoms with Crippen LogP contribution in [0.25, 0.3) is 0 Å². The highest BCUT2D eigenvalue weighted by atomic mass is 19.1. The SMILES string of the molecule is COCCOc1cc(C(=O)O)cc(F)c1C. The number of ether oxygens (including phenoxy) is 2. The van der Waals surface area contributed by atoms with E-state index in [4.69, 9.17) is 14.6 Å². The third kappa shape index (κ3) is 2.93. The highest BCUT2D eigenvalue weighted by Crippen LogP contribution is 2.23. The predicted octanol–water partition coefficient (Wildman–Crippen LogP) is 1.86. The van der Waals surface area contributed by atoms with Gasteiger partial charge in [0, 0.05) is 12.7 Å².